The molecular weight excluding hydrogens is 805 g/mol. The van der Waals surface area contributed by atoms with Gasteiger partial charge in [0.1, 0.15) is 36.9 Å². The van der Waals surface area contributed by atoms with Crippen LogP contribution in [0.15, 0.2) is 54.6 Å². The summed E-state index contributed by atoms with van der Waals surface area (Å²) in [5, 5.41) is 29.7. The number of unbranched alkanes of at least 4 members (excludes halogenated alkanes) is 3. The summed E-state index contributed by atoms with van der Waals surface area (Å²) >= 11 is 0. The Bertz CT molecular complexity index is 2320. The second-order valence-electron chi connectivity index (χ2n) is 13.8. The van der Waals surface area contributed by atoms with Crippen molar-refractivity contribution in [1.82, 2.24) is 14.2 Å². The molecule has 0 spiro atoms. The second-order valence-corrected chi connectivity index (χ2v) is 18.6. The zero-order valence-electron chi connectivity index (χ0n) is 31.9. The van der Waals surface area contributed by atoms with Crippen LogP contribution in [0.3, 0.4) is 0 Å². The fourth-order valence-corrected chi connectivity index (χ4v) is 9.54. The van der Waals surface area contributed by atoms with E-state index < -0.39 is 48.3 Å². The van der Waals surface area contributed by atoms with Gasteiger partial charge in [0.25, 0.3) is 17.7 Å². The first-order chi connectivity index (χ1) is 26.7. The molecule has 0 bridgehead atoms. The molecule has 3 aliphatic rings. The number of nitrogens with zero attached hydrogens (tertiary/aromatic N) is 3. The minimum absolute atomic E-state index is 0.112. The van der Waals surface area contributed by atoms with E-state index in [-0.39, 0.29) is 53.9 Å². The lowest BCUT2D eigenvalue weighted by atomic mass is 10.0. The molecule has 57 heavy (non-hydrogen) atoms. The van der Waals surface area contributed by atoms with Crippen molar-refractivity contribution in [2.45, 2.75) is 72.6 Å². The van der Waals surface area contributed by atoms with E-state index in [1.54, 1.807) is 30.3 Å². The lowest BCUT2D eigenvalue weighted by molar-refractivity contribution is -0.118. The summed E-state index contributed by atoms with van der Waals surface area (Å²) in [5.41, 5.74) is 3.13. The highest BCUT2D eigenvalue weighted by molar-refractivity contribution is 7.92. The van der Waals surface area contributed by atoms with Gasteiger partial charge in [-0.25, -0.2) is 27.1 Å². The third-order valence-electron chi connectivity index (χ3n) is 8.76. The van der Waals surface area contributed by atoms with Crippen molar-refractivity contribution < 1.29 is 55.0 Å². The highest BCUT2D eigenvalue weighted by atomic mass is 32.2. The number of rotatable bonds is 11. The summed E-state index contributed by atoms with van der Waals surface area (Å²) in [7, 11) is -11.6. The smallest absolute Gasteiger partial charge is 0.326 e. The van der Waals surface area contributed by atoms with E-state index in [2.05, 4.69) is 20.8 Å². The van der Waals surface area contributed by atoms with E-state index in [4.69, 9.17) is 0 Å². The third kappa shape index (κ3) is 11.4. The van der Waals surface area contributed by atoms with Crippen molar-refractivity contribution in [3.05, 3.63) is 71.3 Å². The van der Waals surface area contributed by atoms with Crippen LogP contribution in [-0.2, 0) is 64.3 Å². The van der Waals surface area contributed by atoms with Gasteiger partial charge < -0.3 is 15.3 Å². The molecule has 0 radical (unpaired) electrons. The molecule has 3 saturated heterocycles. The van der Waals surface area contributed by atoms with Gasteiger partial charge in [-0.15, -0.1) is 0 Å². The number of carbonyl (C=O) groups excluding carboxylic acids is 3. The van der Waals surface area contributed by atoms with Gasteiger partial charge in [-0.2, -0.15) is 25.3 Å². The van der Waals surface area contributed by atoms with E-state index >= 15 is 0 Å². The number of phenolic OH excluding ortho intramolecular Hbond substituents is 3. The fraction of sp³-hybridized carbons (Fsp3) is 0.417. The Hall–Kier alpha value is -5.28. The first-order valence-electron chi connectivity index (χ1n) is 18.1. The van der Waals surface area contributed by atoms with Gasteiger partial charge in [0.2, 0.25) is 0 Å². The van der Waals surface area contributed by atoms with Gasteiger partial charge in [0.15, 0.2) is 0 Å². The first-order valence-corrected chi connectivity index (χ1v) is 22.4. The van der Waals surface area contributed by atoms with Crippen LogP contribution in [0, 0.1) is 5.92 Å². The molecule has 0 unspecified atom stereocenters. The number of nitrogens with one attached hydrogen (secondary N) is 3. The van der Waals surface area contributed by atoms with Crippen molar-refractivity contribution in [2.75, 3.05) is 32.5 Å². The monoisotopic (exact) mass is 852 g/mol. The van der Waals surface area contributed by atoms with Crippen molar-refractivity contribution in [3.8, 4) is 17.2 Å². The lowest BCUT2D eigenvalue weighted by Gasteiger charge is -2.17. The van der Waals surface area contributed by atoms with E-state index in [0.717, 1.165) is 68.1 Å². The molecular formula is C36H48N6O12S3. The van der Waals surface area contributed by atoms with Gasteiger partial charge in [-0.05, 0) is 84.7 Å². The van der Waals surface area contributed by atoms with E-state index in [0.29, 0.717) is 5.92 Å². The Morgan fingerprint density at radius 2 is 0.930 bits per heavy atom. The van der Waals surface area contributed by atoms with E-state index in [9.17, 15) is 55.0 Å². The SMILES string of the molecule is CC(C)Cc1ccc(N2CC(=O)NS2(=O)=O)c(O)c1.CCCCCCc1ccc(N2CC(=O)NS2(=O)=O)c(O)c1.CCc1ccc(N2CC(=O)NS2(=O)=O)c(O)c1. The van der Waals surface area contributed by atoms with Crippen molar-refractivity contribution in [1.29, 1.82) is 0 Å². The van der Waals surface area contributed by atoms with Crippen LogP contribution in [0.25, 0.3) is 0 Å². The molecule has 18 nitrogen and oxygen atoms in total. The van der Waals surface area contributed by atoms with Crippen molar-refractivity contribution in [2.24, 2.45) is 5.92 Å². The Morgan fingerprint density at radius 1 is 0.561 bits per heavy atom. The maximum atomic E-state index is 11.7. The molecule has 3 aliphatic heterocycles. The predicted octanol–water partition coefficient (Wildman–Crippen LogP) is 2.60. The fourth-order valence-electron chi connectivity index (χ4n) is 6.05. The van der Waals surface area contributed by atoms with Crippen LogP contribution in [0.2, 0.25) is 0 Å². The van der Waals surface area contributed by atoms with Crippen molar-refractivity contribution >= 4 is 65.4 Å². The standard InChI is InChI=1S/C14H20N2O4S.C12H16N2O4S.C10H12N2O4S/c1-2-3-4-5-6-11-7-8-12(13(17)9-11)16-10-14(18)15-21(16,19)20;1-8(2)5-9-3-4-10(11(15)6-9)14-7-12(16)13-19(14,17)18;1-2-7-3-4-8(9(13)5-7)12-6-10(14)11-17(12,15)16/h7-9,17H,2-6,10H2,1H3,(H,15,18);3-4,6,8,15H,5,7H2,1-2H3,(H,13,16);3-5,13H,2,6H2,1H3,(H,11,14). The van der Waals surface area contributed by atoms with Crippen molar-refractivity contribution in [3.63, 3.8) is 0 Å². The number of carbonyl (C=O) groups is 3. The molecule has 0 aromatic heterocycles. The van der Waals surface area contributed by atoms with Crippen LogP contribution in [-0.4, -0.2) is 77.9 Å². The van der Waals surface area contributed by atoms with Gasteiger partial charge >= 0.3 is 30.6 Å². The van der Waals surface area contributed by atoms with Crippen LogP contribution < -0.4 is 27.1 Å². The average molecular weight is 853 g/mol. The number of anilines is 3. The highest BCUT2D eigenvalue weighted by Crippen LogP contribution is 2.34. The second kappa shape index (κ2) is 18.3. The molecule has 0 aliphatic carbocycles. The number of hydrogen-bond acceptors (Lipinski definition) is 12. The summed E-state index contributed by atoms with van der Waals surface area (Å²) in [6.07, 6.45) is 6.89. The highest BCUT2D eigenvalue weighted by Gasteiger charge is 2.37. The summed E-state index contributed by atoms with van der Waals surface area (Å²) in [4.78, 5) is 33.4. The number of benzene rings is 3. The molecule has 6 rings (SSSR count). The minimum Gasteiger partial charge on any atom is -0.506 e. The number of hydrogen-bond donors (Lipinski definition) is 6. The molecule has 3 fully saturated rings. The lowest BCUT2D eigenvalue weighted by Crippen LogP contribution is -2.29. The molecule has 312 valence electrons. The van der Waals surface area contributed by atoms with Crippen LogP contribution in [0.4, 0.5) is 17.1 Å². The van der Waals surface area contributed by atoms with E-state index in [1.165, 1.54) is 30.7 Å². The Balaban J connectivity index is 0.000000190. The van der Waals surface area contributed by atoms with Gasteiger partial charge in [0, 0.05) is 0 Å². The molecule has 0 saturated carbocycles. The molecule has 21 heteroatoms. The van der Waals surface area contributed by atoms with Gasteiger partial charge in [0.05, 0.1) is 17.1 Å². The van der Waals surface area contributed by atoms with Crippen LogP contribution in [0.1, 0.15) is 70.1 Å². The number of aromatic hydroxyl groups is 3. The first kappa shape index (κ1) is 44.4. The van der Waals surface area contributed by atoms with Crippen LogP contribution >= 0.6 is 0 Å². The van der Waals surface area contributed by atoms with Gasteiger partial charge in [-0.1, -0.05) is 65.2 Å². The van der Waals surface area contributed by atoms with E-state index in [1.807, 2.05) is 21.1 Å². The molecule has 3 aromatic carbocycles. The molecule has 3 amide bonds. The molecule has 0 atom stereocenters. The zero-order valence-corrected chi connectivity index (χ0v) is 34.4. The molecule has 3 aromatic rings. The Morgan fingerprint density at radius 3 is 1.26 bits per heavy atom. The molecule has 3 heterocycles. The maximum Gasteiger partial charge on any atom is 0.326 e. The topological polar surface area (TPSA) is 260 Å². The summed E-state index contributed by atoms with van der Waals surface area (Å²) in [6.45, 7) is 7.27. The maximum absolute atomic E-state index is 11.7. The molecule has 6 N–H and O–H groups in total. The zero-order chi connectivity index (χ0) is 42.3. The normalized spacial score (nSPS) is 17.6. The third-order valence-corrected chi connectivity index (χ3v) is 12.9. The summed E-state index contributed by atoms with van der Waals surface area (Å²) < 4.78 is 78.1. The quantitative estimate of drug-likeness (QED) is 0.152. The minimum atomic E-state index is -3.88. The predicted molar refractivity (Wildman–Crippen MR) is 213 cm³/mol. The largest absolute Gasteiger partial charge is 0.506 e. The Labute approximate surface area is 333 Å². The number of amides is 3. The Kier molecular flexibility index (Phi) is 14.3. The summed E-state index contributed by atoms with van der Waals surface area (Å²) in [5.74, 6) is -1.79. The van der Waals surface area contributed by atoms with Gasteiger partial charge in [-0.3, -0.25) is 14.4 Å². The number of phenols is 3. The summed E-state index contributed by atoms with van der Waals surface area (Å²) in [6, 6.07) is 14.4. The number of aryl methyl sites for hydroxylation is 2. The van der Waals surface area contributed by atoms with Crippen LogP contribution in [0.5, 0.6) is 17.2 Å². The average Bonchev–Trinajstić information content (AvgIpc) is 3.67.